The minimum Gasteiger partial charge on any atom is -0.469 e. The molecule has 4 aromatic carbocycles. The number of fused-ring (bicyclic) bond motifs is 8. The Labute approximate surface area is 479 Å². The number of oxazole rings is 4. The maximum atomic E-state index is 15.0. The minimum atomic E-state index is -1.25. The Morgan fingerprint density at radius 3 is 1.49 bits per heavy atom. The average molecular weight is 1150 g/mol. The van der Waals surface area contributed by atoms with Crippen LogP contribution in [0.4, 0.5) is 20.2 Å². The first kappa shape index (κ1) is 53.9. The normalized spacial score (nSPS) is 24.0. The number of benzene rings is 4. The molecule has 0 radical (unpaired) electrons. The summed E-state index contributed by atoms with van der Waals surface area (Å²) in [7, 11) is 2.49. The lowest BCUT2D eigenvalue weighted by Gasteiger charge is -2.31. The molecule has 84 heavy (non-hydrogen) atoms. The first-order chi connectivity index (χ1) is 40.0. The third-order valence-corrected chi connectivity index (χ3v) is 16.4. The molecular formula is C61H59F2N9O12. The lowest BCUT2D eigenvalue weighted by molar-refractivity contribution is -0.126. The van der Waals surface area contributed by atoms with Crippen LogP contribution < -0.4 is 36.5 Å². The van der Waals surface area contributed by atoms with Crippen molar-refractivity contribution >= 4 is 35.1 Å². The minimum absolute atomic E-state index is 0. The van der Waals surface area contributed by atoms with Gasteiger partial charge in [0.1, 0.15) is 58.6 Å². The number of nitrogens with zero attached hydrogens (tertiary/aromatic N) is 4. The number of hydrogen-bond acceptors (Lipinski definition) is 19. The summed E-state index contributed by atoms with van der Waals surface area (Å²) in [5.74, 6) is -1.13. The summed E-state index contributed by atoms with van der Waals surface area (Å²) < 4.78 is 77.4. The van der Waals surface area contributed by atoms with Gasteiger partial charge in [0.05, 0.1) is 20.3 Å². The molecule has 0 unspecified atom stereocenters. The number of hydrogen-bond donors (Lipinski definition) is 5. The fourth-order valence-electron chi connectivity index (χ4n) is 12.3. The number of nitrogens with two attached hydrogens (primary N) is 1. The molecule has 14 rings (SSSR count). The fraction of sp³-hybridized carbons (Fsp3) is 0.344. The molecule has 6 aliphatic heterocycles. The second-order valence-electron chi connectivity index (χ2n) is 24.0. The van der Waals surface area contributed by atoms with Crippen LogP contribution >= 0.6 is 0 Å². The van der Waals surface area contributed by atoms with Crippen molar-refractivity contribution in [3.05, 3.63) is 165 Å². The van der Waals surface area contributed by atoms with Gasteiger partial charge in [-0.3, -0.25) is 9.59 Å². The van der Waals surface area contributed by atoms with Crippen LogP contribution in [-0.4, -0.2) is 76.4 Å². The summed E-state index contributed by atoms with van der Waals surface area (Å²) in [4.78, 5) is 69.8. The lowest BCUT2D eigenvalue weighted by Crippen LogP contribution is -2.46. The topological polar surface area (TPSA) is 283 Å². The van der Waals surface area contributed by atoms with Crippen molar-refractivity contribution < 1.29 is 66.0 Å². The van der Waals surface area contributed by atoms with Crippen LogP contribution in [0.15, 0.2) is 103 Å². The number of carbonyl (C=O) groups excluding carboxylic acids is 4. The molecule has 4 aromatic heterocycles. The van der Waals surface area contributed by atoms with Crippen molar-refractivity contribution in [1.82, 2.24) is 30.6 Å². The number of aromatic nitrogens is 4. The van der Waals surface area contributed by atoms with Gasteiger partial charge in [-0.15, -0.1) is 0 Å². The van der Waals surface area contributed by atoms with E-state index in [0.29, 0.717) is 46.0 Å². The van der Waals surface area contributed by atoms with Gasteiger partial charge in [0.25, 0.3) is 0 Å². The zero-order valence-corrected chi connectivity index (χ0v) is 47.0. The first-order valence-electron chi connectivity index (χ1n) is 27.2. The van der Waals surface area contributed by atoms with E-state index in [1.54, 1.807) is 18.2 Å². The number of amides is 2. The van der Waals surface area contributed by atoms with Crippen LogP contribution in [0, 0.1) is 28.4 Å². The summed E-state index contributed by atoms with van der Waals surface area (Å²) in [6, 6.07) is 18.0. The van der Waals surface area contributed by atoms with E-state index in [1.165, 1.54) is 51.0 Å². The molecule has 2 spiro atoms. The maximum absolute atomic E-state index is 15.0. The van der Waals surface area contributed by atoms with Crippen molar-refractivity contribution in [3.63, 3.8) is 0 Å². The van der Waals surface area contributed by atoms with E-state index < -0.39 is 75.8 Å². The SMILES string of the molecule is COC(=O)c1coc(-c2nc3oc2[C@@]24c5cc(F)ccc5N[C@@H]2Oc2ccc(cc24)C[C@H](C)C(=O)N[C@H]3C(C)(C)C)n1.COC(=O)c1coc(-c2nc3oc2[C@@]24c5cc(F)ccc5N[C@@H]2Oc2ccc(cc24)C[C@H](N)C(=O)N[C@H]3C(C)(C)C)n1.[HH]. The van der Waals surface area contributed by atoms with Gasteiger partial charge in [0.15, 0.2) is 46.8 Å². The van der Waals surface area contributed by atoms with Crippen molar-refractivity contribution in [3.8, 4) is 34.7 Å². The maximum Gasteiger partial charge on any atom is 0.360 e. The number of esters is 2. The number of methoxy groups -OCH3 is 2. The van der Waals surface area contributed by atoms with E-state index in [4.69, 9.17) is 52.3 Å². The number of rotatable bonds is 4. The van der Waals surface area contributed by atoms with Gasteiger partial charge in [0.2, 0.25) is 35.4 Å². The van der Waals surface area contributed by atoms with Crippen molar-refractivity contribution in [2.45, 2.75) is 103 Å². The van der Waals surface area contributed by atoms with Crippen LogP contribution in [-0.2, 0) is 42.7 Å². The molecule has 10 heterocycles. The molecule has 8 atom stereocenters. The number of carbonyl (C=O) groups is 4. The molecule has 434 valence electrons. The monoisotopic (exact) mass is 1150 g/mol. The zero-order valence-electron chi connectivity index (χ0n) is 47.0. The largest absolute Gasteiger partial charge is 0.469 e. The van der Waals surface area contributed by atoms with Gasteiger partial charge in [-0.05, 0) is 83.3 Å². The predicted octanol–water partition coefficient (Wildman–Crippen LogP) is 9.20. The Kier molecular flexibility index (Phi) is 12.2. The standard InChI is InChI=1S/C31H29FN4O6.C30H28FN5O6.H2/c1-14-10-15-6-9-21-18(11-15)31(17-12-16(32)7-8-19(17)34-29(31)41-21)24-22(26-33-20(13-40-26)28(38)39-5)35-27(42-24)23(30(2,3)4)36-25(14)37;1-29(2,3)22-26-35-21(25-33-19(12-40-25)27(38)39-4)23(42-26)30-15-11-14(31)6-7-18(15)34-28(30)41-20-8-5-13(9-16(20)30)10-17(32)24(37)36-22;/h6-9,11-14,23,29,34H,10H2,1-5H3,(H,36,37);5-9,11-12,17,22,28,34H,10,32H2,1-4H3,(H,36,37);1H/t14-,23+,29+,31-;17-,22+,28+,30-;/m00./s1. The number of halogens is 2. The summed E-state index contributed by atoms with van der Waals surface area (Å²) in [6.07, 6.45) is 1.60. The van der Waals surface area contributed by atoms with Crippen molar-refractivity contribution in [1.29, 1.82) is 0 Å². The van der Waals surface area contributed by atoms with E-state index in [1.807, 2.05) is 78.8 Å². The Morgan fingerprint density at radius 2 is 1.05 bits per heavy atom. The summed E-state index contributed by atoms with van der Waals surface area (Å²) in [5, 5.41) is 12.9. The van der Waals surface area contributed by atoms with Crippen LogP contribution in [0.2, 0.25) is 0 Å². The highest BCUT2D eigenvalue weighted by molar-refractivity contribution is 5.88. The third-order valence-electron chi connectivity index (χ3n) is 16.4. The summed E-state index contributed by atoms with van der Waals surface area (Å²) >= 11 is 0. The Hall–Kier alpha value is -9.38. The van der Waals surface area contributed by atoms with Crippen LogP contribution in [0.25, 0.3) is 23.2 Å². The molecule has 23 heteroatoms. The van der Waals surface area contributed by atoms with Crippen molar-refractivity contribution in [2.24, 2.45) is 22.5 Å². The van der Waals surface area contributed by atoms with E-state index in [2.05, 4.69) is 31.2 Å². The molecule has 8 bridgehead atoms. The summed E-state index contributed by atoms with van der Waals surface area (Å²) in [5.41, 5.74) is 8.63. The van der Waals surface area contributed by atoms with Gasteiger partial charge in [-0.2, -0.15) is 0 Å². The molecule has 0 saturated heterocycles. The smallest absolute Gasteiger partial charge is 0.360 e. The van der Waals surface area contributed by atoms with Gasteiger partial charge >= 0.3 is 11.9 Å². The predicted molar refractivity (Wildman–Crippen MR) is 296 cm³/mol. The molecule has 6 aliphatic rings. The second-order valence-corrected chi connectivity index (χ2v) is 24.0. The zero-order chi connectivity index (χ0) is 59.1. The van der Waals surface area contributed by atoms with E-state index in [-0.39, 0.29) is 83.4 Å². The van der Waals surface area contributed by atoms with E-state index >= 15 is 0 Å². The van der Waals surface area contributed by atoms with Crippen molar-refractivity contribution in [2.75, 3.05) is 24.9 Å². The number of nitrogens with one attached hydrogen (secondary N) is 4. The Bertz CT molecular complexity index is 3810. The molecule has 0 fully saturated rings. The van der Waals surface area contributed by atoms with Crippen LogP contribution in [0.1, 0.15) is 140 Å². The molecule has 6 N–H and O–H groups in total. The highest BCUT2D eigenvalue weighted by Gasteiger charge is 2.63. The number of ether oxygens (including phenoxy) is 4. The fourth-order valence-corrected chi connectivity index (χ4v) is 12.3. The molecular weight excluding hydrogens is 1090 g/mol. The highest BCUT2D eigenvalue weighted by Crippen LogP contribution is 2.62. The molecule has 0 aliphatic carbocycles. The van der Waals surface area contributed by atoms with Gasteiger partial charge < -0.3 is 63.6 Å². The van der Waals surface area contributed by atoms with Gasteiger partial charge in [-0.1, -0.05) is 72.7 Å². The quantitative estimate of drug-likeness (QED) is 0.103. The Morgan fingerprint density at radius 1 is 0.607 bits per heavy atom. The summed E-state index contributed by atoms with van der Waals surface area (Å²) in [6.45, 7) is 13.6. The van der Waals surface area contributed by atoms with E-state index in [9.17, 15) is 28.0 Å². The number of anilines is 2. The first-order valence-corrected chi connectivity index (χ1v) is 27.2. The molecule has 2 amide bonds. The van der Waals surface area contributed by atoms with Crippen LogP contribution in [0.5, 0.6) is 11.5 Å². The van der Waals surface area contributed by atoms with E-state index in [0.717, 1.165) is 16.7 Å². The highest BCUT2D eigenvalue weighted by atomic mass is 19.1. The third kappa shape index (κ3) is 8.24. The van der Waals surface area contributed by atoms with Gasteiger partial charge in [-0.25, -0.2) is 38.3 Å². The van der Waals surface area contributed by atoms with Gasteiger partial charge in [0, 0.05) is 41.0 Å². The average Bonchev–Trinajstić information content (AvgIpc) is 1.54. The molecule has 21 nitrogen and oxygen atoms in total. The van der Waals surface area contributed by atoms with Crippen LogP contribution in [0.3, 0.4) is 0 Å². The molecule has 8 aromatic rings. The molecule has 0 saturated carbocycles. The lowest BCUT2D eigenvalue weighted by atomic mass is 9.72. The second kappa shape index (κ2) is 19.1. The Balaban J connectivity index is 0.000000165.